The summed E-state index contributed by atoms with van der Waals surface area (Å²) in [6, 6.07) is 14.4. The molecule has 104 valence electrons. The third-order valence-corrected chi connectivity index (χ3v) is 3.35. The van der Waals surface area contributed by atoms with E-state index in [1.807, 2.05) is 30.3 Å². The van der Waals surface area contributed by atoms with Crippen LogP contribution in [0.3, 0.4) is 0 Å². The molecule has 1 amide bonds. The molecule has 0 aliphatic heterocycles. The predicted octanol–water partition coefficient (Wildman–Crippen LogP) is 2.88. The zero-order chi connectivity index (χ0) is 14.7. The third kappa shape index (κ3) is 2.97. The quantitative estimate of drug-likeness (QED) is 0.765. The summed E-state index contributed by atoms with van der Waals surface area (Å²) in [5, 5.41) is 16.7. The number of hydrogen-bond acceptors (Lipinski definition) is 4. The summed E-state index contributed by atoms with van der Waals surface area (Å²) in [6.07, 6.45) is 0. The first-order valence-corrected chi connectivity index (χ1v) is 6.93. The van der Waals surface area contributed by atoms with E-state index in [0.29, 0.717) is 22.6 Å². The smallest absolute Gasteiger partial charge is 0.255 e. The highest BCUT2D eigenvalue weighted by Crippen LogP contribution is 2.28. The number of tetrazole rings is 1. The van der Waals surface area contributed by atoms with Crippen LogP contribution in [0.5, 0.6) is 0 Å². The van der Waals surface area contributed by atoms with Crippen LogP contribution in [0.1, 0.15) is 10.4 Å². The molecule has 0 saturated heterocycles. The van der Waals surface area contributed by atoms with Crippen LogP contribution >= 0.6 is 15.9 Å². The molecule has 0 fully saturated rings. The lowest BCUT2D eigenvalue weighted by Gasteiger charge is -2.09. The number of hydrogen-bond donors (Lipinski definition) is 2. The van der Waals surface area contributed by atoms with Crippen molar-refractivity contribution >= 4 is 27.5 Å². The van der Waals surface area contributed by atoms with Crippen LogP contribution in [-0.2, 0) is 0 Å². The van der Waals surface area contributed by atoms with Crippen molar-refractivity contribution in [2.45, 2.75) is 0 Å². The van der Waals surface area contributed by atoms with Gasteiger partial charge in [0.15, 0.2) is 0 Å². The summed E-state index contributed by atoms with van der Waals surface area (Å²) < 4.78 is 0.861. The molecule has 0 saturated carbocycles. The van der Waals surface area contributed by atoms with E-state index in [-0.39, 0.29) is 5.91 Å². The van der Waals surface area contributed by atoms with Gasteiger partial charge >= 0.3 is 0 Å². The number of rotatable bonds is 3. The van der Waals surface area contributed by atoms with Crippen LogP contribution in [0, 0.1) is 0 Å². The highest BCUT2D eigenvalue weighted by atomic mass is 79.9. The molecule has 0 atom stereocenters. The van der Waals surface area contributed by atoms with Crippen molar-refractivity contribution in [2.24, 2.45) is 0 Å². The van der Waals surface area contributed by atoms with Crippen molar-refractivity contribution in [1.29, 1.82) is 0 Å². The normalized spacial score (nSPS) is 10.3. The van der Waals surface area contributed by atoms with E-state index in [1.54, 1.807) is 18.2 Å². The topological polar surface area (TPSA) is 83.6 Å². The first kappa shape index (κ1) is 13.4. The van der Waals surface area contributed by atoms with Gasteiger partial charge in [0.25, 0.3) is 5.91 Å². The Kier molecular flexibility index (Phi) is 3.74. The molecule has 0 aliphatic carbocycles. The van der Waals surface area contributed by atoms with Gasteiger partial charge in [-0.1, -0.05) is 34.1 Å². The lowest BCUT2D eigenvalue weighted by atomic mass is 10.1. The highest BCUT2D eigenvalue weighted by molar-refractivity contribution is 9.10. The molecule has 0 aliphatic rings. The summed E-state index contributed by atoms with van der Waals surface area (Å²) in [4.78, 5) is 12.2. The largest absolute Gasteiger partial charge is 0.321 e. The molecule has 0 radical (unpaired) electrons. The molecule has 1 heterocycles. The predicted molar refractivity (Wildman–Crippen MR) is 81.7 cm³/mol. The standard InChI is InChI=1S/C14H10BrN5O/c15-10-6-7-12(11(8-10)13-17-19-20-18-13)16-14(21)9-4-2-1-3-5-9/h1-8H,(H,16,21)(H,17,18,19,20). The van der Waals surface area contributed by atoms with Gasteiger partial charge in [-0.05, 0) is 35.5 Å². The lowest BCUT2D eigenvalue weighted by molar-refractivity contribution is 0.102. The van der Waals surface area contributed by atoms with Gasteiger partial charge in [0.05, 0.1) is 5.69 Å². The van der Waals surface area contributed by atoms with E-state index in [9.17, 15) is 4.79 Å². The SMILES string of the molecule is O=C(Nc1ccc(Br)cc1-c1nn[nH]n1)c1ccccc1. The third-order valence-electron chi connectivity index (χ3n) is 2.85. The van der Waals surface area contributed by atoms with Crippen molar-refractivity contribution in [1.82, 2.24) is 20.6 Å². The fourth-order valence-electron chi connectivity index (χ4n) is 1.87. The van der Waals surface area contributed by atoms with Gasteiger partial charge in [-0.3, -0.25) is 4.79 Å². The number of H-pyrrole nitrogens is 1. The van der Waals surface area contributed by atoms with Crippen LogP contribution in [-0.4, -0.2) is 26.5 Å². The zero-order valence-electron chi connectivity index (χ0n) is 10.7. The molecule has 6 nitrogen and oxygen atoms in total. The van der Waals surface area contributed by atoms with Crippen molar-refractivity contribution in [3.8, 4) is 11.4 Å². The van der Waals surface area contributed by atoms with Crippen LogP contribution in [0.15, 0.2) is 53.0 Å². The Bertz CT molecular complexity index is 758. The molecular formula is C14H10BrN5O. The number of aromatic nitrogens is 4. The van der Waals surface area contributed by atoms with Gasteiger partial charge in [-0.15, -0.1) is 10.2 Å². The van der Waals surface area contributed by atoms with Gasteiger partial charge in [0.2, 0.25) is 5.82 Å². The molecule has 0 spiro atoms. The maximum Gasteiger partial charge on any atom is 0.255 e. The number of anilines is 1. The van der Waals surface area contributed by atoms with E-state index in [0.717, 1.165) is 4.47 Å². The second kappa shape index (κ2) is 5.84. The Balaban J connectivity index is 1.94. The number of nitrogens with one attached hydrogen (secondary N) is 2. The molecule has 3 aromatic rings. The van der Waals surface area contributed by atoms with Crippen LogP contribution in [0.4, 0.5) is 5.69 Å². The molecule has 2 aromatic carbocycles. The molecule has 21 heavy (non-hydrogen) atoms. The number of benzene rings is 2. The lowest BCUT2D eigenvalue weighted by Crippen LogP contribution is -2.12. The Morgan fingerprint density at radius 1 is 1.14 bits per heavy atom. The Hall–Kier alpha value is -2.54. The van der Waals surface area contributed by atoms with Gasteiger partial charge < -0.3 is 5.32 Å². The summed E-state index contributed by atoms with van der Waals surface area (Å²) in [5.41, 5.74) is 1.88. The molecule has 0 unspecified atom stereocenters. The van der Waals surface area contributed by atoms with E-state index in [1.165, 1.54) is 0 Å². The van der Waals surface area contributed by atoms with Crippen LogP contribution in [0.25, 0.3) is 11.4 Å². The zero-order valence-corrected chi connectivity index (χ0v) is 12.3. The second-order valence-electron chi connectivity index (χ2n) is 4.25. The first-order chi connectivity index (χ1) is 10.2. The molecule has 7 heteroatoms. The molecule has 1 aromatic heterocycles. The molecule has 0 bridgehead atoms. The average molecular weight is 344 g/mol. The maximum absolute atomic E-state index is 12.2. The van der Waals surface area contributed by atoms with E-state index >= 15 is 0 Å². The number of amides is 1. The Morgan fingerprint density at radius 3 is 2.67 bits per heavy atom. The van der Waals surface area contributed by atoms with Gasteiger partial charge in [-0.2, -0.15) is 5.21 Å². The average Bonchev–Trinajstić information content (AvgIpc) is 3.04. The Labute approximate surface area is 128 Å². The summed E-state index contributed by atoms with van der Waals surface area (Å²) in [5.74, 6) is 0.224. The van der Waals surface area contributed by atoms with Crippen LogP contribution in [0.2, 0.25) is 0 Å². The van der Waals surface area contributed by atoms with E-state index in [2.05, 4.69) is 41.9 Å². The number of halogens is 1. The van der Waals surface area contributed by atoms with E-state index in [4.69, 9.17) is 0 Å². The Morgan fingerprint density at radius 2 is 1.95 bits per heavy atom. The fourth-order valence-corrected chi connectivity index (χ4v) is 2.23. The minimum absolute atomic E-state index is 0.192. The van der Waals surface area contributed by atoms with Crippen molar-refractivity contribution in [2.75, 3.05) is 5.32 Å². The number of aromatic amines is 1. The first-order valence-electron chi connectivity index (χ1n) is 6.14. The summed E-state index contributed by atoms with van der Waals surface area (Å²) >= 11 is 3.39. The van der Waals surface area contributed by atoms with Crippen molar-refractivity contribution in [3.05, 3.63) is 58.6 Å². The summed E-state index contributed by atoms with van der Waals surface area (Å²) in [7, 11) is 0. The minimum Gasteiger partial charge on any atom is -0.321 e. The van der Waals surface area contributed by atoms with Gasteiger partial charge in [0.1, 0.15) is 0 Å². The highest BCUT2D eigenvalue weighted by Gasteiger charge is 2.13. The summed E-state index contributed by atoms with van der Waals surface area (Å²) in [6.45, 7) is 0. The van der Waals surface area contributed by atoms with E-state index < -0.39 is 0 Å². The number of nitrogens with zero attached hydrogens (tertiary/aromatic N) is 3. The number of carbonyl (C=O) groups excluding carboxylic acids is 1. The number of carbonyl (C=O) groups is 1. The van der Waals surface area contributed by atoms with Gasteiger partial charge in [0, 0.05) is 15.6 Å². The molecule has 3 rings (SSSR count). The molecular weight excluding hydrogens is 334 g/mol. The maximum atomic E-state index is 12.2. The van der Waals surface area contributed by atoms with Crippen molar-refractivity contribution in [3.63, 3.8) is 0 Å². The second-order valence-corrected chi connectivity index (χ2v) is 5.16. The molecule has 2 N–H and O–H groups in total. The van der Waals surface area contributed by atoms with Gasteiger partial charge in [-0.25, -0.2) is 0 Å². The minimum atomic E-state index is -0.192. The monoisotopic (exact) mass is 343 g/mol. The van der Waals surface area contributed by atoms with Crippen LogP contribution < -0.4 is 5.32 Å². The fraction of sp³-hybridized carbons (Fsp3) is 0. The van der Waals surface area contributed by atoms with Crippen molar-refractivity contribution < 1.29 is 4.79 Å².